The molecule has 0 amide bonds. The summed E-state index contributed by atoms with van der Waals surface area (Å²) < 4.78 is 16.4. The fourth-order valence-electron chi connectivity index (χ4n) is 4.36. The van der Waals surface area contributed by atoms with Gasteiger partial charge in [-0.2, -0.15) is 5.10 Å². The molecule has 5 rings (SSSR count). The number of fused-ring (bicyclic) bond motifs is 1. The maximum Gasteiger partial charge on any atom is 0.132 e. The third kappa shape index (κ3) is 4.01. The van der Waals surface area contributed by atoms with Crippen LogP contribution in [0.25, 0.3) is 11.1 Å². The van der Waals surface area contributed by atoms with Crippen molar-refractivity contribution in [2.24, 2.45) is 12.0 Å². The molecule has 0 radical (unpaired) electrons. The molecule has 0 aliphatic carbocycles. The van der Waals surface area contributed by atoms with E-state index in [2.05, 4.69) is 29.9 Å². The number of aryl methyl sites for hydroxylation is 1. The smallest absolute Gasteiger partial charge is 0.132 e. The summed E-state index contributed by atoms with van der Waals surface area (Å²) >= 11 is 0. The second kappa shape index (κ2) is 8.76. The summed E-state index contributed by atoms with van der Waals surface area (Å²) in [6.07, 6.45) is 5.85. The lowest BCUT2D eigenvalue weighted by Crippen LogP contribution is -2.47. The molecule has 1 fully saturated rings. The number of aliphatic imine (C=N–C) groups is 1. The van der Waals surface area contributed by atoms with Gasteiger partial charge in [0.05, 0.1) is 24.1 Å². The number of aromatic nitrogens is 4. The zero-order valence-corrected chi connectivity index (χ0v) is 18.1. The summed E-state index contributed by atoms with van der Waals surface area (Å²) in [5.74, 6) is 0.609. The minimum absolute atomic E-state index is 0.228. The van der Waals surface area contributed by atoms with Crippen LogP contribution in [-0.2, 0) is 13.6 Å². The molecular weight excluding hydrogens is 409 g/mol. The van der Waals surface area contributed by atoms with E-state index in [0.717, 1.165) is 73.1 Å². The Balaban J connectivity index is 1.39. The van der Waals surface area contributed by atoms with E-state index in [-0.39, 0.29) is 12.4 Å². The van der Waals surface area contributed by atoms with Crippen LogP contribution in [0.4, 0.5) is 10.2 Å². The molecule has 2 aromatic heterocycles. The SMILES string of the molecule is Cn1cc(-c2cc3c(cc2F)CN=C3c2cc(N3CCN(CCCO)CC3)ncn2)cn1. The summed E-state index contributed by atoms with van der Waals surface area (Å²) in [6.45, 7) is 5.22. The van der Waals surface area contributed by atoms with E-state index < -0.39 is 0 Å². The second-order valence-corrected chi connectivity index (χ2v) is 8.22. The first-order chi connectivity index (χ1) is 15.6. The van der Waals surface area contributed by atoms with Crippen molar-refractivity contribution in [2.45, 2.75) is 13.0 Å². The van der Waals surface area contributed by atoms with Crippen LogP contribution in [-0.4, -0.2) is 74.8 Å². The van der Waals surface area contributed by atoms with Crippen LogP contribution in [0, 0.1) is 5.82 Å². The molecule has 3 aromatic rings. The maximum atomic E-state index is 14.7. The van der Waals surface area contributed by atoms with Crippen molar-refractivity contribution in [2.75, 3.05) is 44.2 Å². The number of benzene rings is 1. The number of hydrogen-bond acceptors (Lipinski definition) is 7. The van der Waals surface area contributed by atoms with Crippen molar-refractivity contribution in [3.63, 3.8) is 0 Å². The van der Waals surface area contributed by atoms with Gasteiger partial charge >= 0.3 is 0 Å². The molecule has 0 spiro atoms. The van der Waals surface area contributed by atoms with Crippen LogP contribution in [0.3, 0.4) is 0 Å². The van der Waals surface area contributed by atoms with E-state index in [4.69, 9.17) is 5.11 Å². The molecule has 1 saturated heterocycles. The van der Waals surface area contributed by atoms with Gasteiger partial charge in [-0.15, -0.1) is 0 Å². The molecule has 9 heteroatoms. The monoisotopic (exact) mass is 435 g/mol. The lowest BCUT2D eigenvalue weighted by atomic mass is 9.97. The summed E-state index contributed by atoms with van der Waals surface area (Å²) in [5, 5.41) is 13.2. The van der Waals surface area contributed by atoms with Gasteiger partial charge in [0.15, 0.2) is 0 Å². The molecule has 166 valence electrons. The minimum atomic E-state index is -0.268. The number of anilines is 1. The number of hydrogen-bond donors (Lipinski definition) is 1. The van der Waals surface area contributed by atoms with Gasteiger partial charge in [-0.25, -0.2) is 14.4 Å². The Morgan fingerprint density at radius 1 is 1.06 bits per heavy atom. The second-order valence-electron chi connectivity index (χ2n) is 8.22. The highest BCUT2D eigenvalue weighted by Crippen LogP contribution is 2.31. The van der Waals surface area contributed by atoms with E-state index in [1.165, 1.54) is 0 Å². The maximum absolute atomic E-state index is 14.7. The van der Waals surface area contributed by atoms with Crippen LogP contribution in [0.5, 0.6) is 0 Å². The number of rotatable bonds is 6. The van der Waals surface area contributed by atoms with E-state index >= 15 is 0 Å². The van der Waals surface area contributed by atoms with Gasteiger partial charge in [-0.05, 0) is 24.1 Å². The molecule has 2 aliphatic heterocycles. The summed E-state index contributed by atoms with van der Waals surface area (Å²) in [4.78, 5) is 18.3. The number of piperazine rings is 1. The van der Waals surface area contributed by atoms with Gasteiger partial charge in [0.2, 0.25) is 0 Å². The van der Waals surface area contributed by atoms with Crippen molar-refractivity contribution < 1.29 is 9.50 Å². The third-order valence-electron chi connectivity index (χ3n) is 6.10. The highest BCUT2D eigenvalue weighted by molar-refractivity contribution is 6.14. The molecule has 8 nitrogen and oxygen atoms in total. The van der Waals surface area contributed by atoms with Crippen LogP contribution in [0.2, 0.25) is 0 Å². The normalized spacial score (nSPS) is 16.3. The van der Waals surface area contributed by atoms with Gasteiger partial charge in [0, 0.05) is 75.3 Å². The van der Waals surface area contributed by atoms with E-state index in [1.807, 2.05) is 19.2 Å². The topological polar surface area (TPSA) is 82.7 Å². The summed E-state index contributed by atoms with van der Waals surface area (Å²) in [5.41, 5.74) is 4.54. The molecule has 0 unspecified atom stereocenters. The van der Waals surface area contributed by atoms with Crippen LogP contribution < -0.4 is 4.90 Å². The number of halogens is 1. The molecule has 4 heterocycles. The Hall–Kier alpha value is -3.17. The zero-order chi connectivity index (χ0) is 22.1. The fraction of sp³-hybridized carbons (Fsp3) is 0.391. The molecule has 2 aliphatic rings. The van der Waals surface area contributed by atoms with E-state index in [1.54, 1.807) is 29.5 Å². The number of nitrogens with zero attached hydrogens (tertiary/aromatic N) is 7. The lowest BCUT2D eigenvalue weighted by molar-refractivity contribution is 0.215. The van der Waals surface area contributed by atoms with Gasteiger partial charge in [0.1, 0.15) is 18.0 Å². The van der Waals surface area contributed by atoms with Crippen molar-refractivity contribution in [1.82, 2.24) is 24.6 Å². The van der Waals surface area contributed by atoms with Gasteiger partial charge in [0.25, 0.3) is 0 Å². The summed E-state index contributed by atoms with van der Waals surface area (Å²) in [6, 6.07) is 5.40. The minimum Gasteiger partial charge on any atom is -0.396 e. The third-order valence-corrected chi connectivity index (χ3v) is 6.10. The summed E-state index contributed by atoms with van der Waals surface area (Å²) in [7, 11) is 1.82. The van der Waals surface area contributed by atoms with Gasteiger partial charge < -0.3 is 10.0 Å². The van der Waals surface area contributed by atoms with Gasteiger partial charge in [-0.1, -0.05) is 0 Å². The number of aliphatic hydroxyl groups is 1. The van der Waals surface area contributed by atoms with Crippen LogP contribution in [0.15, 0.2) is 41.9 Å². The predicted molar refractivity (Wildman–Crippen MR) is 120 cm³/mol. The first-order valence-corrected chi connectivity index (χ1v) is 10.9. The average Bonchev–Trinajstić information content (AvgIpc) is 3.43. The standard InChI is InChI=1S/C23H26FN7O/c1-29-14-17(13-28-29)18-10-19-16(9-20(18)24)12-25-23(19)21-11-22(27-15-26-21)31-6-4-30(5-7-31)3-2-8-32/h9-11,13-15,32H,2-8,12H2,1H3. The molecule has 32 heavy (non-hydrogen) atoms. The Morgan fingerprint density at radius 3 is 2.66 bits per heavy atom. The van der Waals surface area contributed by atoms with Crippen molar-refractivity contribution in [3.8, 4) is 11.1 Å². The number of aliphatic hydroxyl groups excluding tert-OH is 1. The molecule has 0 bridgehead atoms. The highest BCUT2D eigenvalue weighted by Gasteiger charge is 2.24. The lowest BCUT2D eigenvalue weighted by Gasteiger charge is -2.35. The molecule has 1 N–H and O–H groups in total. The largest absolute Gasteiger partial charge is 0.396 e. The quantitative estimate of drug-likeness (QED) is 0.637. The Kier molecular flexibility index (Phi) is 5.67. The molecule has 1 aromatic carbocycles. The fourth-order valence-corrected chi connectivity index (χ4v) is 4.36. The molecule has 0 atom stereocenters. The van der Waals surface area contributed by atoms with Crippen LogP contribution in [0.1, 0.15) is 23.2 Å². The van der Waals surface area contributed by atoms with Crippen molar-refractivity contribution in [3.05, 3.63) is 59.6 Å². The Labute approximate surface area is 186 Å². The predicted octanol–water partition coefficient (Wildman–Crippen LogP) is 1.87. The average molecular weight is 436 g/mol. The highest BCUT2D eigenvalue weighted by atomic mass is 19.1. The first-order valence-electron chi connectivity index (χ1n) is 10.9. The van der Waals surface area contributed by atoms with Crippen LogP contribution >= 0.6 is 0 Å². The Bertz CT molecular complexity index is 1150. The van der Waals surface area contributed by atoms with E-state index in [9.17, 15) is 4.39 Å². The van der Waals surface area contributed by atoms with E-state index in [0.29, 0.717) is 12.1 Å². The van der Waals surface area contributed by atoms with Crippen molar-refractivity contribution in [1.29, 1.82) is 0 Å². The van der Waals surface area contributed by atoms with Gasteiger partial charge in [-0.3, -0.25) is 14.6 Å². The first kappa shape index (κ1) is 20.7. The van der Waals surface area contributed by atoms with Crippen molar-refractivity contribution >= 4 is 11.5 Å². The Morgan fingerprint density at radius 2 is 1.91 bits per heavy atom. The molecule has 0 saturated carbocycles. The molecular formula is C23H26FN7O. The zero-order valence-electron chi connectivity index (χ0n) is 18.1.